The molecule has 0 fully saturated rings. The predicted octanol–water partition coefficient (Wildman–Crippen LogP) is 6.11. The zero-order valence-electron chi connectivity index (χ0n) is 21.6. The Morgan fingerprint density at radius 2 is 1.29 bits per heavy atom. The van der Waals surface area contributed by atoms with Gasteiger partial charge in [0.1, 0.15) is 0 Å². The quantitative estimate of drug-likeness (QED) is 0.266. The fourth-order valence-electron chi connectivity index (χ4n) is 3.82. The minimum atomic E-state index is 0. The molecule has 0 saturated heterocycles. The van der Waals surface area contributed by atoms with Crippen LogP contribution >= 0.6 is 0 Å². The van der Waals surface area contributed by atoms with Gasteiger partial charge in [0.15, 0.2) is 0 Å². The Morgan fingerprint density at radius 1 is 0.771 bits per heavy atom. The Hall–Kier alpha value is -2.81. The third kappa shape index (κ3) is 7.85. The SMILES string of the molecule is CNCc1ccnc(-c2[c-]cc(C)cc2C)c1.Cc1c[c-]c(-c2cc(N(C)C)ccn2)c(C)c1.[Pt+2]. The Bertz CT molecular complexity index is 1250. The van der Waals surface area contributed by atoms with E-state index in [4.69, 9.17) is 0 Å². The average molecular weight is 646 g/mol. The van der Waals surface area contributed by atoms with Gasteiger partial charge in [-0.3, -0.25) is 0 Å². The minimum Gasteiger partial charge on any atom is -0.378 e. The number of rotatable bonds is 5. The maximum absolute atomic E-state index is 4.42. The molecule has 0 spiro atoms. The molecule has 0 unspecified atom stereocenters. The maximum atomic E-state index is 4.42. The molecular formula is C30H34N4Pt. The van der Waals surface area contributed by atoms with Gasteiger partial charge in [-0.25, -0.2) is 0 Å². The Balaban J connectivity index is 0.000000240. The van der Waals surface area contributed by atoms with E-state index in [0.29, 0.717) is 0 Å². The van der Waals surface area contributed by atoms with Crippen molar-refractivity contribution < 1.29 is 21.1 Å². The van der Waals surface area contributed by atoms with Crippen molar-refractivity contribution in [3.63, 3.8) is 0 Å². The van der Waals surface area contributed by atoms with Crippen molar-refractivity contribution in [1.29, 1.82) is 0 Å². The predicted molar refractivity (Wildman–Crippen MR) is 143 cm³/mol. The van der Waals surface area contributed by atoms with E-state index in [9.17, 15) is 0 Å². The van der Waals surface area contributed by atoms with Crippen LogP contribution in [0.15, 0.2) is 60.9 Å². The van der Waals surface area contributed by atoms with Gasteiger partial charge in [0.2, 0.25) is 0 Å². The molecule has 0 aliphatic heterocycles. The first-order valence-electron chi connectivity index (χ1n) is 11.5. The van der Waals surface area contributed by atoms with Crippen molar-refractivity contribution in [2.24, 2.45) is 0 Å². The summed E-state index contributed by atoms with van der Waals surface area (Å²) in [7, 11) is 6.01. The van der Waals surface area contributed by atoms with Gasteiger partial charge < -0.3 is 20.2 Å². The maximum Gasteiger partial charge on any atom is 2.00 e. The van der Waals surface area contributed by atoms with E-state index >= 15 is 0 Å². The molecule has 0 atom stereocenters. The van der Waals surface area contributed by atoms with Crippen LogP contribution in [0.25, 0.3) is 22.5 Å². The van der Waals surface area contributed by atoms with Gasteiger partial charge in [-0.05, 0) is 36.1 Å². The summed E-state index contributed by atoms with van der Waals surface area (Å²) in [4.78, 5) is 10.9. The first-order valence-corrected chi connectivity index (χ1v) is 11.5. The number of anilines is 1. The first-order chi connectivity index (χ1) is 16.3. The topological polar surface area (TPSA) is 41.1 Å². The van der Waals surface area contributed by atoms with Crippen LogP contribution in [0.3, 0.4) is 0 Å². The minimum absolute atomic E-state index is 0. The Morgan fingerprint density at radius 3 is 1.77 bits per heavy atom. The summed E-state index contributed by atoms with van der Waals surface area (Å²) < 4.78 is 0. The van der Waals surface area contributed by atoms with Crippen LogP contribution in [0, 0.1) is 39.8 Å². The smallest absolute Gasteiger partial charge is 0.378 e. The molecule has 0 radical (unpaired) electrons. The molecule has 4 rings (SSSR count). The van der Waals surface area contributed by atoms with Crippen molar-refractivity contribution in [2.75, 3.05) is 26.0 Å². The van der Waals surface area contributed by atoms with Crippen LogP contribution < -0.4 is 10.2 Å². The molecule has 2 heterocycles. The van der Waals surface area contributed by atoms with E-state index in [1.54, 1.807) is 0 Å². The van der Waals surface area contributed by atoms with Gasteiger partial charge in [-0.2, -0.15) is 0 Å². The number of hydrogen-bond acceptors (Lipinski definition) is 4. The molecule has 1 N–H and O–H groups in total. The van der Waals surface area contributed by atoms with E-state index in [1.807, 2.05) is 57.8 Å². The van der Waals surface area contributed by atoms with Crippen LogP contribution in [0.4, 0.5) is 5.69 Å². The molecule has 184 valence electrons. The number of nitrogens with one attached hydrogen (secondary N) is 1. The normalized spacial score (nSPS) is 10.1. The fourth-order valence-corrected chi connectivity index (χ4v) is 3.82. The number of aromatic nitrogens is 2. The average Bonchev–Trinajstić information content (AvgIpc) is 2.80. The van der Waals surface area contributed by atoms with Gasteiger partial charge in [0.25, 0.3) is 0 Å². The summed E-state index contributed by atoms with van der Waals surface area (Å²) >= 11 is 0. The summed E-state index contributed by atoms with van der Waals surface area (Å²) in [5.74, 6) is 0. The summed E-state index contributed by atoms with van der Waals surface area (Å²) in [6.07, 6.45) is 3.70. The number of aryl methyl sites for hydroxylation is 4. The summed E-state index contributed by atoms with van der Waals surface area (Å²) in [5.41, 5.74) is 11.5. The van der Waals surface area contributed by atoms with Gasteiger partial charge in [0.05, 0.1) is 0 Å². The van der Waals surface area contributed by atoms with E-state index in [2.05, 4.69) is 84.3 Å². The number of hydrogen-bond donors (Lipinski definition) is 1. The summed E-state index contributed by atoms with van der Waals surface area (Å²) in [6.45, 7) is 9.23. The second kappa shape index (κ2) is 13.3. The number of pyridine rings is 2. The molecule has 35 heavy (non-hydrogen) atoms. The Labute approximate surface area is 225 Å². The second-order valence-corrected chi connectivity index (χ2v) is 8.84. The zero-order chi connectivity index (χ0) is 24.7. The van der Waals surface area contributed by atoms with Crippen LogP contribution in [-0.2, 0) is 27.6 Å². The molecule has 0 aliphatic carbocycles. The van der Waals surface area contributed by atoms with Crippen molar-refractivity contribution in [3.05, 3.63) is 101 Å². The van der Waals surface area contributed by atoms with Gasteiger partial charge in [-0.1, -0.05) is 39.8 Å². The molecule has 2 aromatic carbocycles. The van der Waals surface area contributed by atoms with E-state index in [0.717, 1.165) is 34.7 Å². The van der Waals surface area contributed by atoms with Gasteiger partial charge in [0, 0.05) is 38.7 Å². The van der Waals surface area contributed by atoms with E-state index in [-0.39, 0.29) is 21.1 Å². The number of benzene rings is 2. The number of nitrogens with zero attached hydrogens (tertiary/aromatic N) is 3. The van der Waals surface area contributed by atoms with Crippen LogP contribution in [0.5, 0.6) is 0 Å². The van der Waals surface area contributed by atoms with Crippen molar-refractivity contribution in [3.8, 4) is 22.5 Å². The molecule has 0 amide bonds. The summed E-state index contributed by atoms with van der Waals surface area (Å²) in [6, 6.07) is 23.2. The third-order valence-corrected chi connectivity index (χ3v) is 5.54. The van der Waals surface area contributed by atoms with Gasteiger partial charge >= 0.3 is 21.1 Å². The summed E-state index contributed by atoms with van der Waals surface area (Å²) in [5, 5.41) is 3.15. The van der Waals surface area contributed by atoms with Gasteiger partial charge in [-0.15, -0.1) is 69.8 Å². The largest absolute Gasteiger partial charge is 2.00 e. The first kappa shape index (κ1) is 28.4. The zero-order valence-corrected chi connectivity index (χ0v) is 23.9. The molecule has 4 aromatic rings. The van der Waals surface area contributed by atoms with Crippen molar-refractivity contribution >= 4 is 5.69 Å². The molecule has 0 saturated carbocycles. The van der Waals surface area contributed by atoms with E-state index in [1.165, 1.54) is 27.8 Å². The molecule has 2 aromatic heterocycles. The Kier molecular flexibility index (Phi) is 10.8. The van der Waals surface area contributed by atoms with Crippen molar-refractivity contribution in [2.45, 2.75) is 34.2 Å². The van der Waals surface area contributed by atoms with Crippen LogP contribution in [0.1, 0.15) is 27.8 Å². The molecule has 0 bridgehead atoms. The molecule has 4 nitrogen and oxygen atoms in total. The second-order valence-electron chi connectivity index (χ2n) is 8.84. The standard InChI is InChI=1S/2C15H17N2.Pt/c1-11-5-6-14(12(2)9-11)15-10-13(17(3)4)7-8-16-15;1-11-4-5-14(12(2)8-11)15-9-13(10-16-3)6-7-17-15;/h5,7-10H,1-4H3;4,6-9,16H,10H2,1-3H3;/q2*-1;+2. The van der Waals surface area contributed by atoms with Crippen LogP contribution in [-0.4, -0.2) is 31.1 Å². The third-order valence-electron chi connectivity index (χ3n) is 5.54. The molecule has 0 aliphatic rings. The molecular weight excluding hydrogens is 611 g/mol. The monoisotopic (exact) mass is 645 g/mol. The molecule has 5 heteroatoms. The van der Waals surface area contributed by atoms with E-state index < -0.39 is 0 Å². The fraction of sp³-hybridized carbons (Fsp3) is 0.267. The van der Waals surface area contributed by atoms with Crippen molar-refractivity contribution in [1.82, 2.24) is 15.3 Å². The van der Waals surface area contributed by atoms with Crippen LogP contribution in [0.2, 0.25) is 0 Å².